The Balaban J connectivity index is 4.53. The third kappa shape index (κ3) is 5.38. The number of alkyl halides is 3. The molecule has 92 valence electrons. The van der Waals surface area contributed by atoms with Gasteiger partial charge in [-0.2, -0.15) is 13.2 Å². The molecule has 0 aliphatic carbocycles. The minimum absolute atomic E-state index is 0.181. The number of carbonyl (C=O) groups is 2. The molecule has 1 atom stereocenters. The lowest BCUT2D eigenvalue weighted by Gasteiger charge is -2.14. The van der Waals surface area contributed by atoms with Crippen molar-refractivity contribution in [3.8, 4) is 0 Å². The number of nitrogens with one attached hydrogen (secondary N) is 1. The van der Waals surface area contributed by atoms with Crippen LogP contribution in [-0.2, 0) is 9.59 Å². The summed E-state index contributed by atoms with van der Waals surface area (Å²) in [5.74, 6) is -3.75. The van der Waals surface area contributed by atoms with E-state index in [0.29, 0.717) is 0 Å². The van der Waals surface area contributed by atoms with Gasteiger partial charge in [-0.05, 0) is 20.3 Å². The summed E-state index contributed by atoms with van der Waals surface area (Å²) in [6.07, 6.45) is -3.81. The summed E-state index contributed by atoms with van der Waals surface area (Å²) in [5, 5.41) is 9.99. The number of halogens is 3. The van der Waals surface area contributed by atoms with Gasteiger partial charge in [0.25, 0.3) is 0 Å². The van der Waals surface area contributed by atoms with Crippen molar-refractivity contribution in [3.63, 3.8) is 0 Å². The summed E-state index contributed by atoms with van der Waals surface area (Å²) in [7, 11) is 0. The number of carbonyl (C=O) groups excluding carboxylic acids is 1. The van der Waals surface area contributed by atoms with Crippen molar-refractivity contribution in [2.75, 3.05) is 0 Å². The summed E-state index contributed by atoms with van der Waals surface area (Å²) in [6, 6.07) is -1.57. The first kappa shape index (κ1) is 14.5. The second-order valence-electron chi connectivity index (χ2n) is 3.38. The molecule has 0 aliphatic rings. The number of carboxylic acids is 1. The highest BCUT2D eigenvalue weighted by Crippen LogP contribution is 2.15. The minimum atomic E-state index is -5.07. The van der Waals surface area contributed by atoms with Crippen LogP contribution in [0.5, 0.6) is 0 Å². The highest BCUT2D eigenvalue weighted by atomic mass is 19.4. The van der Waals surface area contributed by atoms with Crippen LogP contribution in [0.25, 0.3) is 0 Å². The van der Waals surface area contributed by atoms with Crippen molar-refractivity contribution >= 4 is 11.9 Å². The maximum Gasteiger partial charge on any atom is 0.471 e. The third-order valence-corrected chi connectivity index (χ3v) is 1.62. The van der Waals surface area contributed by atoms with E-state index in [9.17, 15) is 22.8 Å². The molecule has 2 N–H and O–H groups in total. The third-order valence-electron chi connectivity index (χ3n) is 1.62. The van der Waals surface area contributed by atoms with Gasteiger partial charge >= 0.3 is 18.1 Å². The standard InChI is InChI=1S/C9H12F3NO3/c1-5(2)3-4-6(7(14)15)13-8(16)9(10,11)12/h3,6H,4H2,1-2H3,(H,13,16)(H,14,15). The zero-order valence-electron chi connectivity index (χ0n) is 8.76. The van der Waals surface area contributed by atoms with E-state index in [0.717, 1.165) is 5.57 Å². The molecule has 16 heavy (non-hydrogen) atoms. The molecule has 0 radical (unpaired) electrons. The molecule has 0 fully saturated rings. The fourth-order valence-corrected chi connectivity index (χ4v) is 0.815. The van der Waals surface area contributed by atoms with Crippen LogP contribution < -0.4 is 5.32 Å². The van der Waals surface area contributed by atoms with Crippen molar-refractivity contribution in [2.45, 2.75) is 32.5 Å². The zero-order valence-corrected chi connectivity index (χ0v) is 8.76. The highest BCUT2D eigenvalue weighted by Gasteiger charge is 2.40. The molecule has 0 aromatic rings. The number of hydrogen-bond donors (Lipinski definition) is 2. The lowest BCUT2D eigenvalue weighted by Crippen LogP contribution is -2.46. The predicted octanol–water partition coefficient (Wildman–Crippen LogP) is 1.47. The van der Waals surface area contributed by atoms with Gasteiger partial charge in [-0.1, -0.05) is 11.6 Å². The van der Waals surface area contributed by atoms with Crippen LogP contribution in [0.1, 0.15) is 20.3 Å². The smallest absolute Gasteiger partial charge is 0.471 e. The number of allylic oxidation sites excluding steroid dienone is 1. The molecular formula is C9H12F3NO3. The summed E-state index contributed by atoms with van der Waals surface area (Å²) in [5.41, 5.74) is 0.757. The molecule has 0 bridgehead atoms. The fourth-order valence-electron chi connectivity index (χ4n) is 0.815. The molecule has 1 unspecified atom stereocenters. The quantitative estimate of drug-likeness (QED) is 0.730. The van der Waals surface area contributed by atoms with Crippen LogP contribution in [0.3, 0.4) is 0 Å². The van der Waals surface area contributed by atoms with E-state index in [4.69, 9.17) is 5.11 Å². The van der Waals surface area contributed by atoms with E-state index in [1.54, 1.807) is 13.8 Å². The van der Waals surface area contributed by atoms with Gasteiger partial charge in [0.05, 0.1) is 0 Å². The molecule has 0 saturated heterocycles. The Morgan fingerprint density at radius 1 is 1.38 bits per heavy atom. The zero-order chi connectivity index (χ0) is 12.9. The Labute approximate surface area is 90.1 Å². The first-order chi connectivity index (χ1) is 7.14. The number of rotatable bonds is 4. The number of hydrogen-bond acceptors (Lipinski definition) is 2. The molecule has 0 rings (SSSR count). The van der Waals surface area contributed by atoms with E-state index < -0.39 is 24.1 Å². The van der Waals surface area contributed by atoms with E-state index in [1.807, 2.05) is 0 Å². The molecule has 0 spiro atoms. The van der Waals surface area contributed by atoms with Gasteiger partial charge in [-0.15, -0.1) is 0 Å². The van der Waals surface area contributed by atoms with Crippen molar-refractivity contribution in [1.82, 2.24) is 5.32 Å². The predicted molar refractivity (Wildman–Crippen MR) is 49.7 cm³/mol. The van der Waals surface area contributed by atoms with Gasteiger partial charge in [0.1, 0.15) is 6.04 Å². The van der Waals surface area contributed by atoms with Gasteiger partial charge in [-0.3, -0.25) is 4.79 Å². The molecular weight excluding hydrogens is 227 g/mol. The van der Waals surface area contributed by atoms with Gasteiger partial charge in [0, 0.05) is 0 Å². The van der Waals surface area contributed by atoms with Gasteiger partial charge in [0.2, 0.25) is 0 Å². The van der Waals surface area contributed by atoms with Gasteiger partial charge in [0.15, 0.2) is 0 Å². The highest BCUT2D eigenvalue weighted by molar-refractivity contribution is 5.86. The average molecular weight is 239 g/mol. The Bertz CT molecular complexity index is 306. The maximum atomic E-state index is 11.9. The largest absolute Gasteiger partial charge is 0.480 e. The Kier molecular flexibility index (Phi) is 5.00. The van der Waals surface area contributed by atoms with E-state index in [2.05, 4.69) is 0 Å². The molecule has 0 saturated carbocycles. The number of amides is 1. The lowest BCUT2D eigenvalue weighted by molar-refractivity contribution is -0.175. The van der Waals surface area contributed by atoms with Crippen LogP contribution in [0.2, 0.25) is 0 Å². The van der Waals surface area contributed by atoms with Crippen LogP contribution >= 0.6 is 0 Å². The first-order valence-electron chi connectivity index (χ1n) is 4.38. The molecule has 4 nitrogen and oxygen atoms in total. The van der Waals surface area contributed by atoms with Crippen LogP contribution in [-0.4, -0.2) is 29.2 Å². The second-order valence-corrected chi connectivity index (χ2v) is 3.38. The van der Waals surface area contributed by atoms with Crippen LogP contribution in [0, 0.1) is 0 Å². The minimum Gasteiger partial charge on any atom is -0.480 e. The average Bonchev–Trinajstić information content (AvgIpc) is 2.09. The van der Waals surface area contributed by atoms with E-state index in [1.165, 1.54) is 11.4 Å². The summed E-state index contributed by atoms with van der Waals surface area (Å²) >= 11 is 0. The Hall–Kier alpha value is -1.53. The molecule has 0 aromatic carbocycles. The summed E-state index contributed by atoms with van der Waals surface area (Å²) in [6.45, 7) is 3.34. The van der Waals surface area contributed by atoms with Crippen molar-refractivity contribution in [3.05, 3.63) is 11.6 Å². The fraction of sp³-hybridized carbons (Fsp3) is 0.556. The van der Waals surface area contributed by atoms with Gasteiger partial charge in [-0.25, -0.2) is 4.79 Å². The van der Waals surface area contributed by atoms with Crippen LogP contribution in [0.4, 0.5) is 13.2 Å². The topological polar surface area (TPSA) is 66.4 Å². The van der Waals surface area contributed by atoms with E-state index >= 15 is 0 Å². The molecule has 7 heteroatoms. The molecule has 0 aliphatic heterocycles. The van der Waals surface area contributed by atoms with Crippen molar-refractivity contribution < 1.29 is 27.9 Å². The lowest BCUT2D eigenvalue weighted by atomic mass is 10.1. The number of aliphatic carboxylic acids is 1. The summed E-state index contributed by atoms with van der Waals surface area (Å²) < 4.78 is 35.6. The van der Waals surface area contributed by atoms with Gasteiger partial charge < -0.3 is 10.4 Å². The molecule has 0 heterocycles. The SMILES string of the molecule is CC(C)=CCC(NC(=O)C(F)(F)F)C(=O)O. The molecule has 0 aromatic heterocycles. The number of carboxylic acid groups (broad SMARTS) is 1. The van der Waals surface area contributed by atoms with Crippen LogP contribution in [0.15, 0.2) is 11.6 Å². The van der Waals surface area contributed by atoms with E-state index in [-0.39, 0.29) is 6.42 Å². The normalized spacial score (nSPS) is 12.8. The Morgan fingerprint density at radius 2 is 1.88 bits per heavy atom. The first-order valence-corrected chi connectivity index (χ1v) is 4.38. The van der Waals surface area contributed by atoms with Crippen molar-refractivity contribution in [1.29, 1.82) is 0 Å². The summed E-state index contributed by atoms with van der Waals surface area (Å²) in [4.78, 5) is 21.1. The molecule has 1 amide bonds. The second kappa shape index (κ2) is 5.53. The maximum absolute atomic E-state index is 11.9. The van der Waals surface area contributed by atoms with Crippen molar-refractivity contribution in [2.24, 2.45) is 0 Å². The Morgan fingerprint density at radius 3 is 2.19 bits per heavy atom. The monoisotopic (exact) mass is 239 g/mol.